The first-order valence-electron chi connectivity index (χ1n) is 9.87. The number of benzene rings is 2. The molecule has 9 heteroatoms. The molecule has 3 rings (SSSR count). The van der Waals surface area contributed by atoms with E-state index in [1.54, 1.807) is 24.3 Å². The van der Waals surface area contributed by atoms with Gasteiger partial charge in [-0.15, -0.1) is 0 Å². The zero-order valence-electron chi connectivity index (χ0n) is 16.9. The third-order valence-corrected chi connectivity index (χ3v) is 4.58. The fourth-order valence-electron chi connectivity index (χ4n) is 3.03. The van der Waals surface area contributed by atoms with E-state index in [4.69, 9.17) is 4.74 Å². The van der Waals surface area contributed by atoms with Crippen molar-refractivity contribution in [3.8, 4) is 5.75 Å². The molecular formula is C22H22F3N3O3. The van der Waals surface area contributed by atoms with E-state index >= 15 is 0 Å². The topological polar surface area (TPSA) is 73.2 Å². The van der Waals surface area contributed by atoms with E-state index in [1.807, 2.05) is 6.92 Å². The number of nitrogens with zero attached hydrogens (tertiary/aromatic N) is 2. The number of rotatable bonds is 8. The highest BCUT2D eigenvalue weighted by atomic mass is 19.4. The molecule has 0 bridgehead atoms. The molecule has 0 saturated carbocycles. The number of alkyl halides is 3. The van der Waals surface area contributed by atoms with Crippen LogP contribution in [0.4, 0.5) is 18.9 Å². The van der Waals surface area contributed by atoms with Crippen molar-refractivity contribution in [1.29, 1.82) is 0 Å². The molecule has 0 aliphatic heterocycles. The highest BCUT2D eigenvalue weighted by Gasteiger charge is 2.31. The van der Waals surface area contributed by atoms with E-state index in [2.05, 4.69) is 10.3 Å². The number of amides is 1. The summed E-state index contributed by atoms with van der Waals surface area (Å²) in [5.74, 6) is -0.291. The lowest BCUT2D eigenvalue weighted by molar-refractivity contribution is -0.137. The van der Waals surface area contributed by atoms with E-state index in [9.17, 15) is 22.8 Å². The van der Waals surface area contributed by atoms with Gasteiger partial charge in [0.1, 0.15) is 5.75 Å². The number of halogens is 3. The summed E-state index contributed by atoms with van der Waals surface area (Å²) in [6, 6.07) is 9.93. The summed E-state index contributed by atoms with van der Waals surface area (Å²) in [4.78, 5) is 29.0. The van der Waals surface area contributed by atoms with E-state index in [0.29, 0.717) is 30.4 Å². The Morgan fingerprint density at radius 3 is 2.71 bits per heavy atom. The Kier molecular flexibility index (Phi) is 6.94. The van der Waals surface area contributed by atoms with Gasteiger partial charge in [-0.2, -0.15) is 13.2 Å². The van der Waals surface area contributed by atoms with Crippen LogP contribution in [-0.2, 0) is 17.5 Å². The van der Waals surface area contributed by atoms with E-state index in [1.165, 1.54) is 17.0 Å². The highest BCUT2D eigenvalue weighted by Crippen LogP contribution is 2.35. The summed E-state index contributed by atoms with van der Waals surface area (Å²) in [6.45, 7) is 2.43. The molecule has 2 aromatic carbocycles. The fourth-order valence-corrected chi connectivity index (χ4v) is 3.03. The Hall–Kier alpha value is -3.36. The lowest BCUT2D eigenvalue weighted by Crippen LogP contribution is -2.21. The number of hydrogen-bond donors (Lipinski definition) is 1. The van der Waals surface area contributed by atoms with Gasteiger partial charge in [0.05, 0.1) is 35.1 Å². The van der Waals surface area contributed by atoms with Crippen molar-refractivity contribution >= 4 is 22.5 Å². The standard InChI is InChI=1S/C22H22F3N3O3/c1-2-12-31-19-10-9-15(22(23,24)25)13-18(19)27-20(29)8-5-11-28-14-26-17-7-4-3-6-16(17)21(28)30/h3-4,6-7,9-10,13-14H,2,5,8,11-12H2,1H3,(H,27,29). The Bertz CT molecular complexity index is 1130. The monoisotopic (exact) mass is 433 g/mol. The number of ether oxygens (including phenoxy) is 1. The van der Waals surface area contributed by atoms with E-state index in [-0.39, 0.29) is 30.0 Å². The smallest absolute Gasteiger partial charge is 0.416 e. The Balaban J connectivity index is 1.66. The minimum atomic E-state index is -4.53. The number of aromatic nitrogens is 2. The van der Waals surface area contributed by atoms with Crippen LogP contribution in [0.2, 0.25) is 0 Å². The van der Waals surface area contributed by atoms with Crippen LogP contribution in [0, 0.1) is 0 Å². The van der Waals surface area contributed by atoms with Gasteiger partial charge in [-0.05, 0) is 43.2 Å². The van der Waals surface area contributed by atoms with Crippen molar-refractivity contribution in [2.45, 2.75) is 38.9 Å². The second-order valence-electron chi connectivity index (χ2n) is 6.97. The lowest BCUT2D eigenvalue weighted by Gasteiger charge is -2.15. The first kappa shape index (κ1) is 22.3. The second-order valence-corrected chi connectivity index (χ2v) is 6.97. The molecule has 0 saturated heterocycles. The molecule has 1 aromatic heterocycles. The van der Waals surface area contributed by atoms with Crippen LogP contribution in [0.1, 0.15) is 31.7 Å². The Morgan fingerprint density at radius 1 is 1.19 bits per heavy atom. The third kappa shape index (κ3) is 5.62. The summed E-state index contributed by atoms with van der Waals surface area (Å²) < 4.78 is 46.0. The molecule has 0 aliphatic carbocycles. The molecule has 1 amide bonds. The van der Waals surface area contributed by atoms with Crippen LogP contribution >= 0.6 is 0 Å². The number of anilines is 1. The minimum Gasteiger partial charge on any atom is -0.491 e. The van der Waals surface area contributed by atoms with Gasteiger partial charge in [-0.25, -0.2) is 4.98 Å². The molecule has 6 nitrogen and oxygen atoms in total. The normalized spacial score (nSPS) is 11.5. The van der Waals surface area contributed by atoms with Crippen molar-refractivity contribution in [2.75, 3.05) is 11.9 Å². The highest BCUT2D eigenvalue weighted by molar-refractivity contribution is 5.92. The zero-order valence-corrected chi connectivity index (χ0v) is 16.9. The molecule has 0 unspecified atom stereocenters. The van der Waals surface area contributed by atoms with Gasteiger partial charge in [-0.3, -0.25) is 14.2 Å². The zero-order chi connectivity index (χ0) is 22.4. The first-order valence-corrected chi connectivity index (χ1v) is 9.87. The van der Waals surface area contributed by atoms with Gasteiger partial charge < -0.3 is 10.1 Å². The van der Waals surface area contributed by atoms with Crippen molar-refractivity contribution in [2.24, 2.45) is 0 Å². The molecule has 3 aromatic rings. The summed E-state index contributed by atoms with van der Waals surface area (Å²) >= 11 is 0. The average molecular weight is 433 g/mol. The van der Waals surface area contributed by atoms with Gasteiger partial charge in [0, 0.05) is 13.0 Å². The number of nitrogens with one attached hydrogen (secondary N) is 1. The van der Waals surface area contributed by atoms with Crippen LogP contribution in [0.5, 0.6) is 5.75 Å². The maximum atomic E-state index is 13.0. The SMILES string of the molecule is CCCOc1ccc(C(F)(F)F)cc1NC(=O)CCCn1cnc2ccccc2c1=O. The summed E-state index contributed by atoms with van der Waals surface area (Å²) in [7, 11) is 0. The molecular weight excluding hydrogens is 411 g/mol. The quantitative estimate of drug-likeness (QED) is 0.563. The number of carbonyl (C=O) groups is 1. The minimum absolute atomic E-state index is 0.0166. The molecule has 0 spiro atoms. The molecule has 0 atom stereocenters. The molecule has 164 valence electrons. The fraction of sp³-hybridized carbons (Fsp3) is 0.318. The molecule has 31 heavy (non-hydrogen) atoms. The van der Waals surface area contributed by atoms with Crippen LogP contribution in [0.25, 0.3) is 10.9 Å². The van der Waals surface area contributed by atoms with Crippen molar-refractivity contribution < 1.29 is 22.7 Å². The van der Waals surface area contributed by atoms with E-state index in [0.717, 1.165) is 12.1 Å². The van der Waals surface area contributed by atoms with Gasteiger partial charge in [0.25, 0.3) is 5.56 Å². The lowest BCUT2D eigenvalue weighted by atomic mass is 10.1. The number of carbonyl (C=O) groups excluding carboxylic acids is 1. The van der Waals surface area contributed by atoms with Gasteiger partial charge in [-0.1, -0.05) is 19.1 Å². The van der Waals surface area contributed by atoms with Crippen LogP contribution in [-0.4, -0.2) is 22.1 Å². The average Bonchev–Trinajstić information content (AvgIpc) is 2.74. The molecule has 0 fully saturated rings. The third-order valence-electron chi connectivity index (χ3n) is 4.58. The first-order chi connectivity index (χ1) is 14.8. The molecule has 1 heterocycles. The maximum Gasteiger partial charge on any atom is 0.416 e. The van der Waals surface area contributed by atoms with Crippen LogP contribution < -0.4 is 15.6 Å². The largest absolute Gasteiger partial charge is 0.491 e. The Labute approximate surface area is 176 Å². The van der Waals surface area contributed by atoms with Crippen molar-refractivity contribution in [1.82, 2.24) is 9.55 Å². The summed E-state index contributed by atoms with van der Waals surface area (Å²) in [5.41, 5.74) is -0.525. The predicted molar refractivity (Wildman–Crippen MR) is 111 cm³/mol. The summed E-state index contributed by atoms with van der Waals surface area (Å²) in [5, 5.41) is 2.98. The molecule has 1 N–H and O–H groups in total. The summed E-state index contributed by atoms with van der Waals surface area (Å²) in [6.07, 6.45) is -2.11. The predicted octanol–water partition coefficient (Wildman–Crippen LogP) is 4.62. The Morgan fingerprint density at radius 2 is 1.97 bits per heavy atom. The number of para-hydroxylation sites is 1. The van der Waals surface area contributed by atoms with Gasteiger partial charge in [0.15, 0.2) is 0 Å². The van der Waals surface area contributed by atoms with Crippen LogP contribution in [0.3, 0.4) is 0 Å². The molecule has 0 radical (unpaired) electrons. The van der Waals surface area contributed by atoms with Crippen LogP contribution in [0.15, 0.2) is 53.6 Å². The van der Waals surface area contributed by atoms with Crippen molar-refractivity contribution in [3.63, 3.8) is 0 Å². The second kappa shape index (κ2) is 9.63. The van der Waals surface area contributed by atoms with Crippen molar-refractivity contribution in [3.05, 3.63) is 64.7 Å². The van der Waals surface area contributed by atoms with Gasteiger partial charge >= 0.3 is 6.18 Å². The number of fused-ring (bicyclic) bond motifs is 1. The number of hydrogen-bond acceptors (Lipinski definition) is 4. The number of aryl methyl sites for hydroxylation is 1. The maximum absolute atomic E-state index is 13.0. The molecule has 0 aliphatic rings. The van der Waals surface area contributed by atoms with E-state index < -0.39 is 17.6 Å². The van der Waals surface area contributed by atoms with Gasteiger partial charge in [0.2, 0.25) is 5.91 Å².